The quantitative estimate of drug-likeness (QED) is 0.633. The van der Waals surface area contributed by atoms with Gasteiger partial charge in [-0.15, -0.1) is 0 Å². The van der Waals surface area contributed by atoms with E-state index in [0.717, 1.165) is 55.2 Å². The Hall–Kier alpha value is -2.79. The molecule has 1 saturated heterocycles. The predicted octanol–water partition coefficient (Wildman–Crippen LogP) is 2.14. The van der Waals surface area contributed by atoms with E-state index < -0.39 is 0 Å². The van der Waals surface area contributed by atoms with Crippen molar-refractivity contribution >= 4 is 23.2 Å². The average Bonchev–Trinajstić information content (AvgIpc) is 3.06. The van der Waals surface area contributed by atoms with Crippen molar-refractivity contribution in [2.75, 3.05) is 37.4 Å². The molecule has 1 aliphatic rings. The highest BCUT2D eigenvalue weighted by molar-refractivity contribution is 5.61. The van der Waals surface area contributed by atoms with E-state index in [4.69, 9.17) is 4.98 Å². The van der Waals surface area contributed by atoms with E-state index >= 15 is 0 Å². The number of piperidine rings is 1. The SMILES string of the molecule is C=CC(=C=O)N1CCCC(Nc2cc(N(C)C)nc3c(CC)cnn23)C1. The summed E-state index contributed by atoms with van der Waals surface area (Å²) in [5.41, 5.74) is 2.53. The number of hydrogen-bond donors (Lipinski definition) is 1. The highest BCUT2D eigenvalue weighted by Crippen LogP contribution is 2.24. The van der Waals surface area contributed by atoms with Gasteiger partial charge in [-0.05, 0) is 25.3 Å². The Kier molecular flexibility index (Phi) is 5.28. The Balaban J connectivity index is 1.91. The van der Waals surface area contributed by atoms with Gasteiger partial charge in [0, 0.05) is 44.9 Å². The molecule has 138 valence electrons. The maximum absolute atomic E-state index is 11.1. The minimum Gasteiger partial charge on any atom is -0.365 e. The summed E-state index contributed by atoms with van der Waals surface area (Å²) >= 11 is 0. The Bertz CT molecular complexity index is 849. The van der Waals surface area contributed by atoms with Gasteiger partial charge in [0.15, 0.2) is 5.65 Å². The summed E-state index contributed by atoms with van der Waals surface area (Å²) in [6.07, 6.45) is 6.38. The number of nitrogens with one attached hydrogen (secondary N) is 1. The fourth-order valence-electron chi connectivity index (χ4n) is 3.34. The van der Waals surface area contributed by atoms with E-state index in [1.165, 1.54) is 0 Å². The van der Waals surface area contributed by atoms with Gasteiger partial charge in [-0.3, -0.25) is 0 Å². The van der Waals surface area contributed by atoms with E-state index in [1.54, 1.807) is 6.08 Å². The zero-order chi connectivity index (χ0) is 18.7. The zero-order valence-corrected chi connectivity index (χ0v) is 15.7. The summed E-state index contributed by atoms with van der Waals surface area (Å²) in [5.74, 6) is 3.79. The van der Waals surface area contributed by atoms with E-state index in [9.17, 15) is 4.79 Å². The minimum atomic E-state index is 0.210. The number of rotatable bonds is 6. The molecule has 1 atom stereocenters. The summed E-state index contributed by atoms with van der Waals surface area (Å²) in [6.45, 7) is 7.41. The van der Waals surface area contributed by atoms with Crippen LogP contribution in [-0.2, 0) is 11.2 Å². The molecule has 7 heteroatoms. The molecular formula is C19H26N6O. The number of fused-ring (bicyclic) bond motifs is 1. The fourth-order valence-corrected chi connectivity index (χ4v) is 3.34. The first-order valence-corrected chi connectivity index (χ1v) is 9.01. The van der Waals surface area contributed by atoms with Crippen LogP contribution in [0, 0.1) is 0 Å². The van der Waals surface area contributed by atoms with Gasteiger partial charge in [0.25, 0.3) is 0 Å². The van der Waals surface area contributed by atoms with Gasteiger partial charge in [0.2, 0.25) is 0 Å². The molecule has 0 aromatic carbocycles. The normalized spacial score (nSPS) is 17.0. The van der Waals surface area contributed by atoms with Crippen molar-refractivity contribution in [2.24, 2.45) is 0 Å². The molecule has 0 saturated carbocycles. The molecule has 0 bridgehead atoms. The van der Waals surface area contributed by atoms with Crippen LogP contribution in [0.25, 0.3) is 5.65 Å². The Morgan fingerprint density at radius 1 is 1.54 bits per heavy atom. The second kappa shape index (κ2) is 7.62. The molecule has 3 rings (SSSR count). The number of aryl methyl sites for hydroxylation is 1. The average molecular weight is 354 g/mol. The maximum Gasteiger partial charge on any atom is 0.162 e. The third-order valence-corrected chi connectivity index (χ3v) is 4.78. The van der Waals surface area contributed by atoms with Crippen LogP contribution in [-0.4, -0.2) is 58.7 Å². The minimum absolute atomic E-state index is 0.210. The molecule has 0 amide bonds. The third-order valence-electron chi connectivity index (χ3n) is 4.78. The smallest absolute Gasteiger partial charge is 0.162 e. The van der Waals surface area contributed by atoms with E-state index in [-0.39, 0.29) is 6.04 Å². The molecule has 1 aliphatic heterocycles. The van der Waals surface area contributed by atoms with Crippen LogP contribution in [0.15, 0.2) is 30.6 Å². The summed E-state index contributed by atoms with van der Waals surface area (Å²) in [5, 5.41) is 8.12. The number of nitrogens with zero attached hydrogens (tertiary/aromatic N) is 5. The molecule has 0 radical (unpaired) electrons. The lowest BCUT2D eigenvalue weighted by Gasteiger charge is -2.34. The predicted molar refractivity (Wildman–Crippen MR) is 104 cm³/mol. The lowest BCUT2D eigenvalue weighted by molar-refractivity contribution is 0.277. The maximum atomic E-state index is 11.1. The summed E-state index contributed by atoms with van der Waals surface area (Å²) < 4.78 is 1.87. The molecule has 0 aliphatic carbocycles. The Morgan fingerprint density at radius 2 is 2.35 bits per heavy atom. The van der Waals surface area contributed by atoms with Crippen molar-refractivity contribution in [3.05, 3.63) is 36.2 Å². The summed E-state index contributed by atoms with van der Waals surface area (Å²) in [7, 11) is 3.97. The van der Waals surface area contributed by atoms with Gasteiger partial charge < -0.3 is 15.1 Å². The highest BCUT2D eigenvalue weighted by atomic mass is 16.1. The van der Waals surface area contributed by atoms with Gasteiger partial charge in [-0.2, -0.15) is 9.61 Å². The fraction of sp³-hybridized carbons (Fsp3) is 0.474. The Labute approximate surface area is 154 Å². The van der Waals surface area contributed by atoms with Crippen LogP contribution in [0.2, 0.25) is 0 Å². The number of aromatic nitrogens is 3. The lowest BCUT2D eigenvalue weighted by atomic mass is 10.1. The van der Waals surface area contributed by atoms with Crippen LogP contribution >= 0.6 is 0 Å². The van der Waals surface area contributed by atoms with Gasteiger partial charge >= 0.3 is 0 Å². The molecule has 1 unspecified atom stereocenters. The first-order valence-electron chi connectivity index (χ1n) is 9.01. The van der Waals surface area contributed by atoms with Crippen LogP contribution in [0.3, 0.4) is 0 Å². The summed E-state index contributed by atoms with van der Waals surface area (Å²) in [4.78, 5) is 19.9. The number of carbonyl (C=O) groups excluding carboxylic acids is 1. The number of anilines is 2. The molecular weight excluding hydrogens is 328 g/mol. The van der Waals surface area contributed by atoms with Crippen molar-refractivity contribution in [1.29, 1.82) is 0 Å². The number of allylic oxidation sites excluding steroid dienone is 1. The number of hydrogen-bond acceptors (Lipinski definition) is 6. The molecule has 7 nitrogen and oxygen atoms in total. The van der Waals surface area contributed by atoms with E-state index in [0.29, 0.717) is 5.70 Å². The van der Waals surface area contributed by atoms with Crippen LogP contribution in [0.4, 0.5) is 11.6 Å². The summed E-state index contributed by atoms with van der Waals surface area (Å²) in [6, 6.07) is 2.23. The zero-order valence-electron chi connectivity index (χ0n) is 15.7. The van der Waals surface area contributed by atoms with Crippen molar-refractivity contribution in [3.8, 4) is 0 Å². The first kappa shape index (κ1) is 18.0. The van der Waals surface area contributed by atoms with Crippen molar-refractivity contribution < 1.29 is 4.79 Å². The first-order chi connectivity index (χ1) is 12.6. The topological polar surface area (TPSA) is 65.8 Å². The van der Waals surface area contributed by atoms with Crippen molar-refractivity contribution in [2.45, 2.75) is 32.2 Å². The van der Waals surface area contributed by atoms with Crippen molar-refractivity contribution in [1.82, 2.24) is 19.5 Å². The van der Waals surface area contributed by atoms with Gasteiger partial charge in [-0.25, -0.2) is 9.78 Å². The van der Waals surface area contributed by atoms with Gasteiger partial charge in [-0.1, -0.05) is 13.5 Å². The van der Waals surface area contributed by atoms with Crippen LogP contribution in [0.1, 0.15) is 25.3 Å². The van der Waals surface area contributed by atoms with Crippen LogP contribution < -0.4 is 10.2 Å². The lowest BCUT2D eigenvalue weighted by Crippen LogP contribution is -2.41. The molecule has 26 heavy (non-hydrogen) atoms. The highest BCUT2D eigenvalue weighted by Gasteiger charge is 2.22. The second-order valence-corrected chi connectivity index (χ2v) is 6.77. The largest absolute Gasteiger partial charge is 0.365 e. The third kappa shape index (κ3) is 3.44. The van der Waals surface area contributed by atoms with Crippen LogP contribution in [0.5, 0.6) is 0 Å². The molecule has 0 spiro atoms. The molecule has 1 N–H and O–H groups in total. The molecule has 1 fully saturated rings. The molecule has 3 heterocycles. The molecule has 2 aromatic heterocycles. The number of likely N-dealkylation sites (tertiary alicyclic amines) is 1. The van der Waals surface area contributed by atoms with E-state index in [2.05, 4.69) is 23.9 Å². The van der Waals surface area contributed by atoms with Crippen molar-refractivity contribution in [3.63, 3.8) is 0 Å². The van der Waals surface area contributed by atoms with Gasteiger partial charge in [0.05, 0.1) is 6.20 Å². The Morgan fingerprint density at radius 3 is 3.00 bits per heavy atom. The standard InChI is InChI=1S/C19H26N6O/c1-5-14-11-20-25-18(10-17(23(3)4)22-19(14)25)21-15-8-7-9-24(12-15)16(6-2)13-26/h6,10-11,15,21H,2,5,7-9,12H2,1,3-4H3. The van der Waals surface area contributed by atoms with Gasteiger partial charge in [0.1, 0.15) is 23.3 Å². The monoisotopic (exact) mass is 354 g/mol. The second-order valence-electron chi connectivity index (χ2n) is 6.77. The molecule has 2 aromatic rings. The van der Waals surface area contributed by atoms with E-state index in [1.807, 2.05) is 46.6 Å².